The van der Waals surface area contributed by atoms with Crippen molar-refractivity contribution >= 4 is 16.6 Å². The summed E-state index contributed by atoms with van der Waals surface area (Å²) in [6.45, 7) is 13.2. The van der Waals surface area contributed by atoms with Gasteiger partial charge < -0.3 is 9.22 Å². The van der Waals surface area contributed by atoms with Gasteiger partial charge in [0.05, 0.1) is 0 Å². The lowest BCUT2D eigenvalue weighted by Gasteiger charge is -2.18. The standard InChI is InChI=1S/C12H26O2Si2/c1-7-9-12(16(5,6)13)10-8-11-14-15(2,3)4/h7,9-10,13H,8,11H2,1-6H3/b9-7-,12-10+. The highest BCUT2D eigenvalue weighted by molar-refractivity contribution is 6.77. The van der Waals surface area contributed by atoms with E-state index in [-0.39, 0.29) is 0 Å². The first kappa shape index (κ1) is 15.8. The summed E-state index contributed by atoms with van der Waals surface area (Å²) in [6, 6.07) is 0. The van der Waals surface area contributed by atoms with Gasteiger partial charge in [-0.2, -0.15) is 0 Å². The molecule has 0 saturated carbocycles. The van der Waals surface area contributed by atoms with Crippen molar-refractivity contribution in [1.82, 2.24) is 0 Å². The van der Waals surface area contributed by atoms with Gasteiger partial charge in [0.25, 0.3) is 0 Å². The molecule has 0 bridgehead atoms. The second kappa shape index (κ2) is 6.54. The summed E-state index contributed by atoms with van der Waals surface area (Å²) >= 11 is 0. The van der Waals surface area contributed by atoms with Gasteiger partial charge in [0, 0.05) is 6.61 Å². The molecular weight excluding hydrogens is 232 g/mol. The minimum Gasteiger partial charge on any atom is -0.428 e. The molecule has 0 aromatic rings. The molecule has 0 fully saturated rings. The molecule has 0 amide bonds. The average molecular weight is 259 g/mol. The van der Waals surface area contributed by atoms with Crippen molar-refractivity contribution in [3.8, 4) is 0 Å². The minimum absolute atomic E-state index is 0.765. The quantitative estimate of drug-likeness (QED) is 0.449. The van der Waals surface area contributed by atoms with Crippen LogP contribution in [0.15, 0.2) is 23.4 Å². The molecule has 4 heteroatoms. The summed E-state index contributed by atoms with van der Waals surface area (Å²) in [5.74, 6) is 0. The first-order valence-electron chi connectivity index (χ1n) is 5.86. The van der Waals surface area contributed by atoms with Crippen molar-refractivity contribution in [2.75, 3.05) is 6.61 Å². The van der Waals surface area contributed by atoms with Crippen LogP contribution in [0, 0.1) is 0 Å². The maximum Gasteiger partial charge on any atom is 0.213 e. The topological polar surface area (TPSA) is 29.5 Å². The van der Waals surface area contributed by atoms with E-state index in [0.29, 0.717) is 0 Å². The molecular formula is C12H26O2Si2. The molecule has 0 rings (SSSR count). The lowest BCUT2D eigenvalue weighted by Crippen LogP contribution is -2.28. The lowest BCUT2D eigenvalue weighted by molar-refractivity contribution is 0.319. The van der Waals surface area contributed by atoms with Crippen LogP contribution in [-0.2, 0) is 4.43 Å². The van der Waals surface area contributed by atoms with Crippen molar-refractivity contribution < 1.29 is 9.22 Å². The predicted molar refractivity (Wildman–Crippen MR) is 76.5 cm³/mol. The number of allylic oxidation sites excluding steroid dienone is 3. The molecule has 0 aliphatic carbocycles. The summed E-state index contributed by atoms with van der Waals surface area (Å²) in [4.78, 5) is 10.1. The Balaban J connectivity index is 4.27. The Bertz CT molecular complexity index is 257. The fourth-order valence-corrected chi connectivity index (χ4v) is 3.23. The van der Waals surface area contributed by atoms with E-state index in [0.717, 1.165) is 18.2 Å². The molecule has 1 N–H and O–H groups in total. The smallest absolute Gasteiger partial charge is 0.213 e. The van der Waals surface area contributed by atoms with Crippen LogP contribution in [0.2, 0.25) is 32.7 Å². The molecule has 0 atom stereocenters. The minimum atomic E-state index is -2.17. The SMILES string of the molecule is C/C=C\C(=C/CCO[Si](C)(C)C)[Si](C)(C)O. The first-order chi connectivity index (χ1) is 7.17. The van der Waals surface area contributed by atoms with Crippen LogP contribution in [0.25, 0.3) is 0 Å². The summed E-state index contributed by atoms with van der Waals surface area (Å²) in [7, 11) is -3.57. The van der Waals surface area contributed by atoms with E-state index < -0.39 is 16.6 Å². The summed E-state index contributed by atoms with van der Waals surface area (Å²) in [5, 5.41) is 1.09. The van der Waals surface area contributed by atoms with Crippen molar-refractivity contribution in [3.63, 3.8) is 0 Å². The van der Waals surface area contributed by atoms with Crippen LogP contribution < -0.4 is 0 Å². The highest BCUT2D eigenvalue weighted by Crippen LogP contribution is 2.14. The summed E-state index contributed by atoms with van der Waals surface area (Å²) < 4.78 is 5.77. The maximum atomic E-state index is 10.1. The highest BCUT2D eigenvalue weighted by atomic mass is 28.4. The van der Waals surface area contributed by atoms with Crippen molar-refractivity contribution in [2.24, 2.45) is 0 Å². The molecule has 2 nitrogen and oxygen atoms in total. The molecule has 0 heterocycles. The van der Waals surface area contributed by atoms with E-state index in [1.165, 1.54) is 0 Å². The molecule has 0 aromatic heterocycles. The van der Waals surface area contributed by atoms with Crippen molar-refractivity contribution in [2.45, 2.75) is 46.1 Å². The predicted octanol–water partition coefficient (Wildman–Crippen LogP) is 3.47. The van der Waals surface area contributed by atoms with Gasteiger partial charge in [0.1, 0.15) is 0 Å². The first-order valence-corrected chi connectivity index (χ1v) is 12.2. The lowest BCUT2D eigenvalue weighted by atomic mass is 10.3. The normalized spacial score (nSPS) is 14.8. The van der Waals surface area contributed by atoms with Crippen LogP contribution >= 0.6 is 0 Å². The third kappa shape index (κ3) is 8.04. The molecule has 0 spiro atoms. The van der Waals surface area contributed by atoms with E-state index in [1.54, 1.807) is 0 Å². The van der Waals surface area contributed by atoms with Crippen LogP contribution in [0.5, 0.6) is 0 Å². The van der Waals surface area contributed by atoms with E-state index in [9.17, 15) is 4.80 Å². The van der Waals surface area contributed by atoms with Gasteiger partial charge in [-0.15, -0.1) is 0 Å². The number of rotatable bonds is 6. The molecule has 94 valence electrons. The van der Waals surface area contributed by atoms with Gasteiger partial charge in [0.2, 0.25) is 8.32 Å². The Hall–Kier alpha value is -0.166. The van der Waals surface area contributed by atoms with E-state index in [2.05, 4.69) is 25.7 Å². The second-order valence-electron chi connectivity index (χ2n) is 5.47. The second-order valence-corrected chi connectivity index (χ2v) is 13.7. The highest BCUT2D eigenvalue weighted by Gasteiger charge is 2.20. The monoisotopic (exact) mass is 258 g/mol. The van der Waals surface area contributed by atoms with Gasteiger partial charge in [-0.25, -0.2) is 0 Å². The molecule has 0 saturated heterocycles. The summed E-state index contributed by atoms with van der Waals surface area (Å²) in [5.41, 5.74) is 0. The van der Waals surface area contributed by atoms with E-state index in [4.69, 9.17) is 4.43 Å². The fraction of sp³-hybridized carbons (Fsp3) is 0.667. The average Bonchev–Trinajstić information content (AvgIpc) is 2.06. The van der Waals surface area contributed by atoms with Gasteiger partial charge >= 0.3 is 0 Å². The maximum absolute atomic E-state index is 10.1. The third-order valence-electron chi connectivity index (χ3n) is 2.07. The molecule has 0 aliphatic rings. The van der Waals surface area contributed by atoms with Crippen molar-refractivity contribution in [1.29, 1.82) is 0 Å². The number of hydrogen-bond donors (Lipinski definition) is 1. The number of hydrogen-bond acceptors (Lipinski definition) is 2. The zero-order chi connectivity index (χ0) is 12.8. The van der Waals surface area contributed by atoms with Gasteiger partial charge in [-0.1, -0.05) is 18.2 Å². The molecule has 0 radical (unpaired) electrons. The zero-order valence-electron chi connectivity index (χ0n) is 11.5. The van der Waals surface area contributed by atoms with Crippen LogP contribution in [-0.4, -0.2) is 28.0 Å². The van der Waals surface area contributed by atoms with Gasteiger partial charge in [-0.3, -0.25) is 0 Å². The Morgan fingerprint density at radius 2 is 1.75 bits per heavy atom. The molecule has 16 heavy (non-hydrogen) atoms. The van der Waals surface area contributed by atoms with Crippen LogP contribution in [0.1, 0.15) is 13.3 Å². The fourth-order valence-electron chi connectivity index (χ4n) is 1.28. The Morgan fingerprint density at radius 1 is 1.19 bits per heavy atom. The van der Waals surface area contributed by atoms with Crippen LogP contribution in [0.4, 0.5) is 0 Å². The van der Waals surface area contributed by atoms with Gasteiger partial charge in [0.15, 0.2) is 8.32 Å². The van der Waals surface area contributed by atoms with Crippen LogP contribution in [0.3, 0.4) is 0 Å². The third-order valence-corrected chi connectivity index (χ3v) is 4.92. The zero-order valence-corrected chi connectivity index (χ0v) is 13.5. The molecule has 0 aromatic carbocycles. The Morgan fingerprint density at radius 3 is 2.12 bits per heavy atom. The summed E-state index contributed by atoms with van der Waals surface area (Å²) in [6.07, 6.45) is 7.00. The van der Waals surface area contributed by atoms with E-state index in [1.807, 2.05) is 32.2 Å². The van der Waals surface area contributed by atoms with Crippen molar-refractivity contribution in [3.05, 3.63) is 23.4 Å². The van der Waals surface area contributed by atoms with Gasteiger partial charge in [-0.05, 0) is 51.3 Å². The van der Waals surface area contributed by atoms with E-state index >= 15 is 0 Å². The molecule has 0 unspecified atom stereocenters. The molecule has 0 aliphatic heterocycles. The largest absolute Gasteiger partial charge is 0.428 e. The Labute approximate surface area is 102 Å². The Kier molecular flexibility index (Phi) is 6.47.